The predicted octanol–water partition coefficient (Wildman–Crippen LogP) is 0.809. The number of amides is 1. The van der Waals surface area contributed by atoms with Gasteiger partial charge >= 0.3 is 12.1 Å². The first-order chi connectivity index (χ1) is 9.87. The number of carbonyl (C=O) groups excluding carboxylic acids is 2. The summed E-state index contributed by atoms with van der Waals surface area (Å²) in [6, 6.07) is 0. The third kappa shape index (κ3) is 5.45. The Bertz CT molecular complexity index is 529. The first kappa shape index (κ1) is 18.7. The lowest BCUT2D eigenvalue weighted by atomic mass is 9.68. The van der Waals surface area contributed by atoms with Crippen LogP contribution in [0.5, 0.6) is 0 Å². The quantitative estimate of drug-likeness (QED) is 0.584. The second kappa shape index (κ2) is 6.41. The molecule has 0 spiro atoms. The molecule has 0 aromatic rings. The summed E-state index contributed by atoms with van der Waals surface area (Å²) in [5.74, 6) is -0.752. The molecule has 0 saturated heterocycles. The lowest BCUT2D eigenvalue weighted by Crippen LogP contribution is -2.64. The second-order valence-electron chi connectivity index (χ2n) is 6.46. The minimum absolute atomic E-state index is 0.0342. The molecule has 1 rings (SSSR count). The summed E-state index contributed by atoms with van der Waals surface area (Å²) < 4.78 is 36.5. The Morgan fingerprint density at radius 1 is 1.27 bits per heavy atom. The van der Waals surface area contributed by atoms with Crippen LogP contribution in [-0.4, -0.2) is 51.6 Å². The summed E-state index contributed by atoms with van der Waals surface area (Å²) in [7, 11) is -2.31. The Kier molecular flexibility index (Phi) is 5.45. The van der Waals surface area contributed by atoms with Crippen molar-refractivity contribution in [3.8, 4) is 0 Å². The van der Waals surface area contributed by atoms with E-state index in [2.05, 4.69) is 5.32 Å². The van der Waals surface area contributed by atoms with E-state index in [1.54, 1.807) is 20.8 Å². The van der Waals surface area contributed by atoms with E-state index in [-0.39, 0.29) is 25.4 Å². The highest BCUT2D eigenvalue weighted by atomic mass is 32.2. The average molecular weight is 337 g/mol. The van der Waals surface area contributed by atoms with Crippen molar-refractivity contribution in [2.24, 2.45) is 5.92 Å². The third-order valence-corrected chi connectivity index (χ3v) is 3.67. The molecule has 0 atom stereocenters. The molecule has 128 valence electrons. The fraction of sp³-hybridized carbons (Fsp3) is 0.846. The Morgan fingerprint density at radius 2 is 1.82 bits per heavy atom. The van der Waals surface area contributed by atoms with Gasteiger partial charge in [-0.25, -0.2) is 9.59 Å². The number of nitrogens with one attached hydrogen (secondary N) is 1. The summed E-state index contributed by atoms with van der Waals surface area (Å²) >= 11 is 0. The van der Waals surface area contributed by atoms with Crippen LogP contribution in [0.25, 0.3) is 0 Å². The van der Waals surface area contributed by atoms with Gasteiger partial charge in [-0.05, 0) is 39.5 Å². The second-order valence-corrected chi connectivity index (χ2v) is 8.11. The summed E-state index contributed by atoms with van der Waals surface area (Å²) in [6.07, 6.45) is 0.696. The minimum atomic E-state index is -3.53. The predicted molar refractivity (Wildman–Crippen MR) is 77.6 cm³/mol. The zero-order valence-corrected chi connectivity index (χ0v) is 14.3. The van der Waals surface area contributed by atoms with Crippen molar-refractivity contribution < 1.29 is 31.7 Å². The molecule has 0 unspecified atom stereocenters. The van der Waals surface area contributed by atoms with Gasteiger partial charge in [0.2, 0.25) is 0 Å². The van der Waals surface area contributed by atoms with Gasteiger partial charge in [-0.15, -0.1) is 0 Å². The number of carbonyl (C=O) groups is 2. The zero-order chi connectivity index (χ0) is 17.2. The monoisotopic (exact) mass is 337 g/mol. The van der Waals surface area contributed by atoms with E-state index >= 15 is 0 Å². The van der Waals surface area contributed by atoms with Crippen molar-refractivity contribution >= 4 is 22.2 Å². The maximum atomic E-state index is 11.9. The van der Waals surface area contributed by atoms with Gasteiger partial charge in [-0.1, -0.05) is 0 Å². The van der Waals surface area contributed by atoms with Gasteiger partial charge in [-0.3, -0.25) is 4.18 Å². The number of rotatable bonds is 5. The van der Waals surface area contributed by atoms with Gasteiger partial charge in [0.05, 0.1) is 20.0 Å². The molecule has 1 amide bonds. The van der Waals surface area contributed by atoms with Crippen molar-refractivity contribution in [1.29, 1.82) is 0 Å². The van der Waals surface area contributed by atoms with Crippen LogP contribution in [0.1, 0.15) is 33.6 Å². The normalized spacial score (nSPS) is 25.0. The summed E-state index contributed by atoms with van der Waals surface area (Å²) in [5.41, 5.74) is -1.88. The molecule has 1 saturated carbocycles. The summed E-state index contributed by atoms with van der Waals surface area (Å²) in [4.78, 5) is 23.8. The molecular weight excluding hydrogens is 314 g/mol. The molecule has 0 aromatic heterocycles. The largest absolute Gasteiger partial charge is 0.467 e. The highest BCUT2D eigenvalue weighted by molar-refractivity contribution is 7.85. The number of hydrogen-bond acceptors (Lipinski definition) is 7. The van der Waals surface area contributed by atoms with Crippen LogP contribution in [0.3, 0.4) is 0 Å². The molecule has 0 aromatic carbocycles. The van der Waals surface area contributed by atoms with Crippen molar-refractivity contribution in [2.45, 2.75) is 44.8 Å². The van der Waals surface area contributed by atoms with Crippen LogP contribution in [0, 0.1) is 5.92 Å². The molecule has 1 aliphatic rings. The van der Waals surface area contributed by atoms with Gasteiger partial charge in [0.25, 0.3) is 10.1 Å². The van der Waals surface area contributed by atoms with E-state index in [0.29, 0.717) is 0 Å². The average Bonchev–Trinajstić information content (AvgIpc) is 2.27. The molecule has 9 heteroatoms. The number of hydrogen-bond donors (Lipinski definition) is 1. The van der Waals surface area contributed by atoms with Crippen molar-refractivity contribution in [2.75, 3.05) is 20.0 Å². The zero-order valence-electron chi connectivity index (χ0n) is 13.5. The number of methoxy groups -OCH3 is 1. The molecule has 0 heterocycles. The fourth-order valence-corrected chi connectivity index (χ4v) is 2.72. The van der Waals surface area contributed by atoms with Gasteiger partial charge in [0, 0.05) is 0 Å². The van der Waals surface area contributed by atoms with Crippen LogP contribution >= 0.6 is 0 Å². The molecule has 8 nitrogen and oxygen atoms in total. The van der Waals surface area contributed by atoms with E-state index in [1.165, 1.54) is 7.11 Å². The Hall–Kier alpha value is -1.35. The molecule has 0 aliphatic heterocycles. The van der Waals surface area contributed by atoms with E-state index in [1.807, 2.05) is 0 Å². The van der Waals surface area contributed by atoms with E-state index < -0.39 is 33.3 Å². The Labute approximate surface area is 130 Å². The molecule has 22 heavy (non-hydrogen) atoms. The van der Waals surface area contributed by atoms with E-state index in [0.717, 1.165) is 6.26 Å². The number of alkyl carbamates (subject to hydrolysis) is 1. The van der Waals surface area contributed by atoms with Crippen LogP contribution in [0.4, 0.5) is 4.79 Å². The summed E-state index contributed by atoms with van der Waals surface area (Å²) in [6.45, 7) is 5.09. The Balaban J connectivity index is 2.65. The van der Waals surface area contributed by atoms with Crippen molar-refractivity contribution in [1.82, 2.24) is 5.32 Å². The molecule has 1 fully saturated rings. The molecule has 1 N–H and O–H groups in total. The van der Waals surface area contributed by atoms with Gasteiger partial charge in [0.15, 0.2) is 0 Å². The van der Waals surface area contributed by atoms with Crippen molar-refractivity contribution in [3.63, 3.8) is 0 Å². The smallest absolute Gasteiger partial charge is 0.408 e. The third-order valence-electron chi connectivity index (χ3n) is 3.11. The Morgan fingerprint density at radius 3 is 2.23 bits per heavy atom. The fourth-order valence-electron chi connectivity index (χ4n) is 2.28. The molecule has 0 bridgehead atoms. The van der Waals surface area contributed by atoms with Crippen LogP contribution in [0.2, 0.25) is 0 Å². The van der Waals surface area contributed by atoms with Gasteiger partial charge in [-0.2, -0.15) is 8.42 Å². The summed E-state index contributed by atoms with van der Waals surface area (Å²) in [5, 5.41) is 2.52. The first-order valence-electron chi connectivity index (χ1n) is 6.81. The van der Waals surface area contributed by atoms with E-state index in [4.69, 9.17) is 13.7 Å². The lowest BCUT2D eigenvalue weighted by Gasteiger charge is -2.45. The lowest BCUT2D eigenvalue weighted by molar-refractivity contribution is -0.155. The highest BCUT2D eigenvalue weighted by Crippen LogP contribution is 2.39. The van der Waals surface area contributed by atoms with Crippen molar-refractivity contribution in [3.05, 3.63) is 0 Å². The molecular formula is C13H23NO7S. The van der Waals surface area contributed by atoms with E-state index in [9.17, 15) is 18.0 Å². The van der Waals surface area contributed by atoms with Crippen LogP contribution in [0.15, 0.2) is 0 Å². The first-order valence-corrected chi connectivity index (χ1v) is 8.62. The van der Waals surface area contributed by atoms with Crippen LogP contribution < -0.4 is 5.32 Å². The molecule has 0 radical (unpaired) electrons. The highest BCUT2D eigenvalue weighted by Gasteiger charge is 2.53. The topological polar surface area (TPSA) is 108 Å². The van der Waals surface area contributed by atoms with Gasteiger partial charge < -0.3 is 14.8 Å². The number of esters is 1. The number of ether oxygens (including phenoxy) is 2. The van der Waals surface area contributed by atoms with Crippen LogP contribution in [-0.2, 0) is 28.6 Å². The standard InChI is InChI=1S/C13H23NO7S/c1-12(2,3)21-11(16)14-13(10(15)19-4)6-9(7-13)8-20-22(5,17)18/h9H,6-8H2,1-5H3,(H,14,16). The maximum absolute atomic E-state index is 11.9. The molecule has 1 aliphatic carbocycles. The van der Waals surface area contributed by atoms with Gasteiger partial charge in [0.1, 0.15) is 11.1 Å². The SMILES string of the molecule is COC(=O)C1(NC(=O)OC(C)(C)C)CC(COS(C)(=O)=O)C1. The minimum Gasteiger partial charge on any atom is -0.467 e. The maximum Gasteiger partial charge on any atom is 0.408 e.